The van der Waals surface area contributed by atoms with Crippen molar-refractivity contribution in [1.82, 2.24) is 25.4 Å². The van der Waals surface area contributed by atoms with Crippen LogP contribution in [0.25, 0.3) is 0 Å². The van der Waals surface area contributed by atoms with E-state index in [0.717, 1.165) is 19.3 Å². The number of hydroxylamine groups is 1. The van der Waals surface area contributed by atoms with E-state index in [-0.39, 0.29) is 0 Å². The molecule has 1 amide bonds. The van der Waals surface area contributed by atoms with Crippen LogP contribution in [0.5, 0.6) is 0 Å². The molecule has 0 aliphatic heterocycles. The normalized spacial score (nSPS) is 11.7. The average Bonchev–Trinajstić information content (AvgIpc) is 2.62. The van der Waals surface area contributed by atoms with E-state index in [9.17, 15) is 4.79 Å². The van der Waals surface area contributed by atoms with Crippen molar-refractivity contribution >= 4 is 17.5 Å². The molecule has 0 aliphatic carbocycles. The van der Waals surface area contributed by atoms with Crippen molar-refractivity contribution in [2.45, 2.75) is 38.6 Å². The van der Waals surface area contributed by atoms with E-state index in [4.69, 9.17) is 5.21 Å². The number of hydrogen-bond acceptors (Lipinski definition) is 7. The molecular formula is C15H20N6O2. The Kier molecular flexibility index (Phi) is 6.37. The summed E-state index contributed by atoms with van der Waals surface area (Å²) in [7, 11) is 0. The van der Waals surface area contributed by atoms with E-state index < -0.39 is 11.9 Å². The number of aromatic nitrogens is 4. The van der Waals surface area contributed by atoms with E-state index in [1.165, 1.54) is 0 Å². The van der Waals surface area contributed by atoms with E-state index in [0.29, 0.717) is 18.1 Å². The summed E-state index contributed by atoms with van der Waals surface area (Å²) in [5, 5.41) is 9.11. The number of unbranched alkanes of at least 4 members (excludes halogenated alkanes) is 2. The number of anilines is 2. The molecule has 0 aliphatic rings. The molecular weight excluding hydrogens is 296 g/mol. The van der Waals surface area contributed by atoms with Crippen LogP contribution in [-0.4, -0.2) is 37.1 Å². The van der Waals surface area contributed by atoms with Crippen LogP contribution in [0.15, 0.2) is 37.2 Å². The monoisotopic (exact) mass is 316 g/mol. The lowest BCUT2D eigenvalue weighted by Crippen LogP contribution is -2.44. The first kappa shape index (κ1) is 16.8. The van der Waals surface area contributed by atoms with Gasteiger partial charge in [0.2, 0.25) is 0 Å². The van der Waals surface area contributed by atoms with Gasteiger partial charge in [-0.3, -0.25) is 24.9 Å². The van der Waals surface area contributed by atoms with Crippen molar-refractivity contribution in [3.8, 4) is 0 Å². The zero-order valence-corrected chi connectivity index (χ0v) is 13.0. The summed E-state index contributed by atoms with van der Waals surface area (Å²) in [6, 6.07) is -0.653. The molecule has 0 aromatic carbocycles. The molecule has 8 nitrogen and oxygen atoms in total. The van der Waals surface area contributed by atoms with Gasteiger partial charge < -0.3 is 0 Å². The molecule has 2 N–H and O–H groups in total. The summed E-state index contributed by atoms with van der Waals surface area (Å²) in [5.74, 6) is 0.425. The molecule has 2 aromatic rings. The van der Waals surface area contributed by atoms with Crippen molar-refractivity contribution in [3.63, 3.8) is 0 Å². The Morgan fingerprint density at radius 1 is 1.13 bits per heavy atom. The first-order valence-electron chi connectivity index (χ1n) is 7.53. The van der Waals surface area contributed by atoms with Crippen LogP contribution in [-0.2, 0) is 4.79 Å². The Labute approximate surface area is 134 Å². The van der Waals surface area contributed by atoms with E-state index >= 15 is 0 Å². The molecule has 1 unspecified atom stereocenters. The van der Waals surface area contributed by atoms with Crippen LogP contribution in [0.1, 0.15) is 32.6 Å². The highest BCUT2D eigenvalue weighted by Gasteiger charge is 2.29. The Morgan fingerprint density at radius 3 is 2.17 bits per heavy atom. The van der Waals surface area contributed by atoms with Gasteiger partial charge in [-0.2, -0.15) is 0 Å². The van der Waals surface area contributed by atoms with Gasteiger partial charge in [-0.25, -0.2) is 15.4 Å². The molecule has 2 aromatic heterocycles. The number of amides is 1. The second kappa shape index (κ2) is 8.74. The quantitative estimate of drug-likeness (QED) is 0.435. The van der Waals surface area contributed by atoms with E-state index in [1.54, 1.807) is 47.6 Å². The first-order valence-corrected chi connectivity index (χ1v) is 7.53. The maximum atomic E-state index is 12.2. The second-order valence-electron chi connectivity index (χ2n) is 4.98. The number of nitrogens with zero attached hydrogens (tertiary/aromatic N) is 5. The average molecular weight is 316 g/mol. The number of carbonyl (C=O) groups excluding carboxylic acids is 1. The highest BCUT2D eigenvalue weighted by Crippen LogP contribution is 2.25. The molecule has 0 radical (unpaired) electrons. The van der Waals surface area contributed by atoms with E-state index in [1.807, 2.05) is 0 Å². The molecule has 23 heavy (non-hydrogen) atoms. The topological polar surface area (TPSA) is 104 Å². The van der Waals surface area contributed by atoms with Crippen molar-refractivity contribution < 1.29 is 10.0 Å². The molecule has 0 fully saturated rings. The van der Waals surface area contributed by atoms with Crippen molar-refractivity contribution in [2.75, 3.05) is 4.90 Å². The summed E-state index contributed by atoms with van der Waals surface area (Å²) in [5.41, 5.74) is 1.74. The largest absolute Gasteiger partial charge is 0.296 e. The van der Waals surface area contributed by atoms with Crippen molar-refractivity contribution in [2.24, 2.45) is 0 Å². The third kappa shape index (κ3) is 4.43. The molecule has 0 saturated carbocycles. The summed E-state index contributed by atoms with van der Waals surface area (Å²) in [6.45, 7) is 2.09. The Morgan fingerprint density at radius 2 is 1.74 bits per heavy atom. The molecule has 0 saturated heterocycles. The zero-order valence-electron chi connectivity index (χ0n) is 13.0. The highest BCUT2D eigenvalue weighted by atomic mass is 16.5. The number of nitrogens with one attached hydrogen (secondary N) is 1. The second-order valence-corrected chi connectivity index (χ2v) is 4.98. The van der Waals surface area contributed by atoms with Crippen LogP contribution in [0.4, 0.5) is 11.6 Å². The fraction of sp³-hybridized carbons (Fsp3) is 0.400. The standard InChI is InChI=1S/C15H20N6O2/c1-2-3-4-5-12(15(22)20-23)21(13-10-16-6-8-18-13)14-11-17-7-9-19-14/h6-12,23H,2-5H2,1H3,(H,20,22). The highest BCUT2D eigenvalue weighted by molar-refractivity contribution is 5.86. The van der Waals surface area contributed by atoms with Gasteiger partial charge in [-0.05, 0) is 6.42 Å². The Balaban J connectivity index is 2.38. The SMILES string of the molecule is CCCCCC(C(=O)NO)N(c1cnccn1)c1cnccn1. The van der Waals surface area contributed by atoms with Crippen LogP contribution in [0.3, 0.4) is 0 Å². The summed E-state index contributed by atoms with van der Waals surface area (Å²) < 4.78 is 0. The van der Waals surface area contributed by atoms with Crippen LogP contribution in [0, 0.1) is 0 Å². The minimum absolute atomic E-state index is 0.470. The fourth-order valence-corrected chi connectivity index (χ4v) is 2.31. The van der Waals surface area contributed by atoms with Gasteiger partial charge in [0.1, 0.15) is 6.04 Å². The Bertz CT molecular complexity index is 556. The first-order chi connectivity index (χ1) is 11.3. The van der Waals surface area contributed by atoms with Gasteiger partial charge in [0, 0.05) is 24.8 Å². The lowest BCUT2D eigenvalue weighted by molar-refractivity contribution is -0.130. The smallest absolute Gasteiger partial charge is 0.266 e. The predicted octanol–water partition coefficient (Wildman–Crippen LogP) is 1.86. The van der Waals surface area contributed by atoms with Crippen LogP contribution >= 0.6 is 0 Å². The molecule has 1 atom stereocenters. The molecule has 2 heterocycles. The summed E-state index contributed by atoms with van der Waals surface area (Å²) in [4.78, 5) is 30.4. The van der Waals surface area contributed by atoms with Crippen LogP contribution in [0.2, 0.25) is 0 Å². The maximum absolute atomic E-state index is 12.2. The minimum Gasteiger partial charge on any atom is -0.296 e. The molecule has 0 bridgehead atoms. The maximum Gasteiger partial charge on any atom is 0.266 e. The summed E-state index contributed by atoms with van der Waals surface area (Å²) >= 11 is 0. The number of hydrogen-bond donors (Lipinski definition) is 2. The van der Waals surface area contributed by atoms with Crippen LogP contribution < -0.4 is 10.4 Å². The lowest BCUT2D eigenvalue weighted by atomic mass is 10.1. The van der Waals surface area contributed by atoms with Crippen molar-refractivity contribution in [1.29, 1.82) is 0 Å². The lowest BCUT2D eigenvalue weighted by Gasteiger charge is -2.29. The van der Waals surface area contributed by atoms with Gasteiger partial charge in [-0.1, -0.05) is 26.2 Å². The molecule has 0 spiro atoms. The van der Waals surface area contributed by atoms with E-state index in [2.05, 4.69) is 26.9 Å². The minimum atomic E-state index is -0.653. The summed E-state index contributed by atoms with van der Waals surface area (Å²) in [6.07, 6.45) is 12.7. The van der Waals surface area contributed by atoms with Gasteiger partial charge in [0.25, 0.3) is 5.91 Å². The third-order valence-electron chi connectivity index (χ3n) is 3.40. The third-order valence-corrected chi connectivity index (χ3v) is 3.40. The predicted molar refractivity (Wildman–Crippen MR) is 84.1 cm³/mol. The van der Waals surface area contributed by atoms with Gasteiger partial charge in [0.15, 0.2) is 11.6 Å². The molecule has 122 valence electrons. The fourth-order valence-electron chi connectivity index (χ4n) is 2.31. The van der Waals surface area contributed by atoms with Gasteiger partial charge in [-0.15, -0.1) is 0 Å². The number of carbonyl (C=O) groups is 1. The zero-order chi connectivity index (χ0) is 16.5. The molecule has 2 rings (SSSR count). The van der Waals surface area contributed by atoms with Gasteiger partial charge >= 0.3 is 0 Å². The van der Waals surface area contributed by atoms with Gasteiger partial charge in [0.05, 0.1) is 12.4 Å². The molecule has 8 heteroatoms. The van der Waals surface area contributed by atoms with Crippen molar-refractivity contribution in [3.05, 3.63) is 37.2 Å². The number of rotatable bonds is 8. The Hall–Kier alpha value is -2.61.